The third kappa shape index (κ3) is 4.71. The predicted octanol–water partition coefficient (Wildman–Crippen LogP) is 5.14. The molecule has 0 saturated heterocycles. The molecule has 1 N–H and O–H groups in total. The summed E-state index contributed by atoms with van der Waals surface area (Å²) in [6.45, 7) is 0. The SMILES string of the molecule is O=C(CCc1ncc(-c2ccccc2)o1)NN(c1ccccc1)c1ccccc1. The van der Waals surface area contributed by atoms with Crippen LogP contribution in [0.1, 0.15) is 12.3 Å². The Kier molecular flexibility index (Phi) is 5.67. The van der Waals surface area contributed by atoms with Gasteiger partial charge in [0.1, 0.15) is 0 Å². The summed E-state index contributed by atoms with van der Waals surface area (Å²) in [4.78, 5) is 16.9. The van der Waals surface area contributed by atoms with Crippen LogP contribution in [0.4, 0.5) is 11.4 Å². The van der Waals surface area contributed by atoms with Gasteiger partial charge in [-0.2, -0.15) is 0 Å². The average molecular weight is 383 g/mol. The molecular formula is C24H21N3O2. The van der Waals surface area contributed by atoms with E-state index >= 15 is 0 Å². The number of anilines is 2. The number of amides is 1. The van der Waals surface area contributed by atoms with Gasteiger partial charge in [-0.1, -0.05) is 66.7 Å². The van der Waals surface area contributed by atoms with Crippen LogP contribution < -0.4 is 10.4 Å². The van der Waals surface area contributed by atoms with E-state index in [1.54, 1.807) is 11.2 Å². The molecule has 1 amide bonds. The van der Waals surface area contributed by atoms with E-state index < -0.39 is 0 Å². The highest BCUT2D eigenvalue weighted by molar-refractivity contribution is 5.80. The van der Waals surface area contributed by atoms with Crippen molar-refractivity contribution < 1.29 is 9.21 Å². The minimum absolute atomic E-state index is 0.114. The van der Waals surface area contributed by atoms with E-state index in [0.717, 1.165) is 16.9 Å². The van der Waals surface area contributed by atoms with Crippen molar-refractivity contribution in [2.45, 2.75) is 12.8 Å². The number of hydrogen-bond donors (Lipinski definition) is 1. The molecule has 0 saturated carbocycles. The Morgan fingerprint density at radius 1 is 0.828 bits per heavy atom. The molecule has 0 unspecified atom stereocenters. The second-order valence-electron chi connectivity index (χ2n) is 6.53. The van der Waals surface area contributed by atoms with Crippen LogP contribution in [0.5, 0.6) is 0 Å². The first-order valence-corrected chi connectivity index (χ1v) is 9.49. The smallest absolute Gasteiger partial charge is 0.239 e. The van der Waals surface area contributed by atoms with Crippen molar-refractivity contribution in [2.24, 2.45) is 0 Å². The summed E-state index contributed by atoms with van der Waals surface area (Å²) in [5.74, 6) is 1.14. The van der Waals surface area contributed by atoms with Crippen LogP contribution in [0.15, 0.2) is 102 Å². The number of hydrazine groups is 1. The van der Waals surface area contributed by atoms with Gasteiger partial charge in [0.25, 0.3) is 0 Å². The lowest BCUT2D eigenvalue weighted by molar-refractivity contribution is -0.121. The van der Waals surface area contributed by atoms with Gasteiger partial charge in [-0.15, -0.1) is 0 Å². The van der Waals surface area contributed by atoms with E-state index in [1.807, 2.05) is 91.0 Å². The first kappa shape index (κ1) is 18.5. The summed E-state index contributed by atoms with van der Waals surface area (Å²) in [7, 11) is 0. The molecule has 29 heavy (non-hydrogen) atoms. The molecule has 1 aromatic heterocycles. The molecular weight excluding hydrogens is 362 g/mol. The highest BCUT2D eigenvalue weighted by Gasteiger charge is 2.14. The van der Waals surface area contributed by atoms with Crippen molar-refractivity contribution in [3.05, 3.63) is 103 Å². The first-order chi connectivity index (χ1) is 14.3. The van der Waals surface area contributed by atoms with Crippen molar-refractivity contribution in [3.8, 4) is 11.3 Å². The molecule has 0 bridgehead atoms. The summed E-state index contributed by atoms with van der Waals surface area (Å²) in [5.41, 5.74) is 5.72. The fourth-order valence-corrected chi connectivity index (χ4v) is 3.00. The molecule has 0 aliphatic carbocycles. The molecule has 5 heteroatoms. The highest BCUT2D eigenvalue weighted by Crippen LogP contribution is 2.23. The van der Waals surface area contributed by atoms with Gasteiger partial charge in [0, 0.05) is 18.4 Å². The number of hydrogen-bond acceptors (Lipinski definition) is 4. The number of aromatic nitrogens is 1. The normalized spacial score (nSPS) is 10.5. The molecule has 4 aromatic rings. The Hall–Kier alpha value is -3.86. The molecule has 0 spiro atoms. The molecule has 0 aliphatic heterocycles. The Labute approximate surface area is 169 Å². The first-order valence-electron chi connectivity index (χ1n) is 9.49. The number of nitrogens with one attached hydrogen (secondary N) is 1. The molecule has 144 valence electrons. The van der Waals surface area contributed by atoms with Gasteiger partial charge in [-0.25, -0.2) is 4.98 Å². The summed E-state index contributed by atoms with van der Waals surface area (Å²) in [6.07, 6.45) is 2.39. The zero-order valence-corrected chi connectivity index (χ0v) is 15.9. The second-order valence-corrected chi connectivity index (χ2v) is 6.53. The zero-order chi connectivity index (χ0) is 19.9. The number of nitrogens with zero attached hydrogens (tertiary/aromatic N) is 2. The minimum atomic E-state index is -0.114. The lowest BCUT2D eigenvalue weighted by atomic mass is 10.2. The van der Waals surface area contributed by atoms with Gasteiger partial charge >= 0.3 is 0 Å². The van der Waals surface area contributed by atoms with Gasteiger partial charge < -0.3 is 4.42 Å². The number of aryl methyl sites for hydroxylation is 1. The van der Waals surface area contributed by atoms with E-state index in [-0.39, 0.29) is 12.3 Å². The average Bonchev–Trinajstić information content (AvgIpc) is 3.27. The summed E-state index contributed by atoms with van der Waals surface area (Å²) in [5, 5.41) is 1.79. The second kappa shape index (κ2) is 8.89. The maximum atomic E-state index is 12.6. The van der Waals surface area contributed by atoms with Gasteiger partial charge in [0.15, 0.2) is 11.7 Å². The van der Waals surface area contributed by atoms with E-state index in [1.165, 1.54) is 0 Å². The van der Waals surface area contributed by atoms with Crippen molar-refractivity contribution >= 4 is 17.3 Å². The molecule has 0 aliphatic rings. The topological polar surface area (TPSA) is 58.4 Å². The van der Waals surface area contributed by atoms with Crippen molar-refractivity contribution in [1.29, 1.82) is 0 Å². The predicted molar refractivity (Wildman–Crippen MR) is 113 cm³/mol. The lowest BCUT2D eigenvalue weighted by Crippen LogP contribution is -2.39. The van der Waals surface area contributed by atoms with E-state index in [2.05, 4.69) is 10.4 Å². The van der Waals surface area contributed by atoms with E-state index in [9.17, 15) is 4.79 Å². The Balaban J connectivity index is 1.42. The Morgan fingerprint density at radius 3 is 1.97 bits per heavy atom. The third-order valence-electron chi connectivity index (χ3n) is 4.44. The third-order valence-corrected chi connectivity index (χ3v) is 4.44. The van der Waals surface area contributed by atoms with Crippen LogP contribution in [0.25, 0.3) is 11.3 Å². The number of oxazole rings is 1. The monoisotopic (exact) mass is 383 g/mol. The standard InChI is InChI=1S/C24H21N3O2/c28-23(16-17-24-25-18-22(29-24)19-10-4-1-5-11-19)26-27(20-12-6-2-7-13-20)21-14-8-3-9-15-21/h1-15,18H,16-17H2,(H,26,28). The molecule has 0 radical (unpaired) electrons. The maximum absolute atomic E-state index is 12.6. The quantitative estimate of drug-likeness (QED) is 0.449. The number of carbonyl (C=O) groups excluding carboxylic acids is 1. The van der Waals surface area contributed by atoms with Gasteiger partial charge in [-0.05, 0) is 24.3 Å². The fourth-order valence-electron chi connectivity index (χ4n) is 3.00. The molecule has 0 fully saturated rings. The van der Waals surface area contributed by atoms with Crippen LogP contribution in [0.2, 0.25) is 0 Å². The largest absolute Gasteiger partial charge is 0.441 e. The molecule has 5 nitrogen and oxygen atoms in total. The van der Waals surface area contributed by atoms with Crippen LogP contribution in [-0.4, -0.2) is 10.9 Å². The Morgan fingerprint density at radius 2 is 1.38 bits per heavy atom. The fraction of sp³-hybridized carbons (Fsp3) is 0.0833. The zero-order valence-electron chi connectivity index (χ0n) is 15.9. The number of rotatable bonds is 7. The Bertz CT molecular complexity index is 1010. The maximum Gasteiger partial charge on any atom is 0.239 e. The van der Waals surface area contributed by atoms with Crippen molar-refractivity contribution in [3.63, 3.8) is 0 Å². The van der Waals surface area contributed by atoms with Crippen LogP contribution in [-0.2, 0) is 11.2 Å². The number of para-hydroxylation sites is 2. The number of benzene rings is 3. The van der Waals surface area contributed by atoms with Crippen molar-refractivity contribution in [2.75, 3.05) is 5.01 Å². The molecule has 4 rings (SSSR count). The highest BCUT2D eigenvalue weighted by atomic mass is 16.4. The summed E-state index contributed by atoms with van der Waals surface area (Å²) >= 11 is 0. The van der Waals surface area contributed by atoms with Crippen LogP contribution in [0, 0.1) is 0 Å². The molecule has 1 heterocycles. The lowest BCUT2D eigenvalue weighted by Gasteiger charge is -2.25. The van der Waals surface area contributed by atoms with Gasteiger partial charge in [0.2, 0.25) is 5.91 Å². The van der Waals surface area contributed by atoms with E-state index in [0.29, 0.717) is 18.1 Å². The van der Waals surface area contributed by atoms with Gasteiger partial charge in [-0.3, -0.25) is 15.2 Å². The molecule has 0 atom stereocenters. The summed E-state index contributed by atoms with van der Waals surface area (Å²) in [6, 6.07) is 29.2. The van der Waals surface area contributed by atoms with Gasteiger partial charge in [0.05, 0.1) is 17.6 Å². The number of carbonyl (C=O) groups is 1. The van der Waals surface area contributed by atoms with Crippen molar-refractivity contribution in [1.82, 2.24) is 10.4 Å². The van der Waals surface area contributed by atoms with Crippen LogP contribution >= 0.6 is 0 Å². The van der Waals surface area contributed by atoms with Crippen LogP contribution in [0.3, 0.4) is 0 Å². The summed E-state index contributed by atoms with van der Waals surface area (Å²) < 4.78 is 5.79. The molecule has 3 aromatic carbocycles. The van der Waals surface area contributed by atoms with E-state index in [4.69, 9.17) is 4.42 Å². The minimum Gasteiger partial charge on any atom is -0.441 e.